The van der Waals surface area contributed by atoms with Gasteiger partial charge in [0.25, 0.3) is 0 Å². The van der Waals surface area contributed by atoms with E-state index in [1.807, 2.05) is 0 Å². The van der Waals surface area contributed by atoms with Gasteiger partial charge >= 0.3 is 5.97 Å². The van der Waals surface area contributed by atoms with Crippen molar-refractivity contribution in [1.82, 2.24) is 0 Å². The lowest BCUT2D eigenvalue weighted by Gasteiger charge is -2.08. The molecule has 1 N–H and O–H groups in total. The monoisotopic (exact) mass is 250 g/mol. The Kier molecular flexibility index (Phi) is 9.28. The molecule has 0 aromatic heterocycles. The molecule has 0 fully saturated rings. The van der Waals surface area contributed by atoms with E-state index < -0.39 is 6.10 Å². The summed E-state index contributed by atoms with van der Waals surface area (Å²) in [5.74, 6) is -0.186. The van der Waals surface area contributed by atoms with Crippen molar-refractivity contribution in [2.45, 2.75) is 25.9 Å². The number of unbranched alkanes of at least 4 members (excludes halogenated alkanes) is 1. The summed E-state index contributed by atoms with van der Waals surface area (Å²) in [5, 5.41) is 9.06. The number of halogens is 1. The van der Waals surface area contributed by atoms with Gasteiger partial charge in [-0.05, 0) is 19.8 Å². The molecule has 0 aliphatic carbocycles. The van der Waals surface area contributed by atoms with Crippen LogP contribution in [0.1, 0.15) is 19.8 Å². The van der Waals surface area contributed by atoms with Gasteiger partial charge in [-0.25, -0.2) is 4.79 Å². The second kappa shape index (κ2) is 9.63. The standard InChI is InChI=1S/C11H19ClO4/c1-9(2)11(14)16-6-4-3-5-15-8-10(13)7-12/h10,13H,1,3-8H2,2H3. The van der Waals surface area contributed by atoms with Crippen molar-refractivity contribution < 1.29 is 19.4 Å². The third-order valence-corrected chi connectivity index (χ3v) is 2.11. The molecule has 0 saturated heterocycles. The Morgan fingerprint density at radius 1 is 1.44 bits per heavy atom. The summed E-state index contributed by atoms with van der Waals surface area (Å²) < 4.78 is 10.0. The average Bonchev–Trinajstić information content (AvgIpc) is 2.26. The molecular formula is C11H19ClO4. The fourth-order valence-corrected chi connectivity index (χ4v) is 0.947. The van der Waals surface area contributed by atoms with E-state index in [-0.39, 0.29) is 18.5 Å². The van der Waals surface area contributed by atoms with Crippen molar-refractivity contribution in [2.24, 2.45) is 0 Å². The lowest BCUT2D eigenvalue weighted by atomic mass is 10.3. The molecule has 4 nitrogen and oxygen atoms in total. The maximum Gasteiger partial charge on any atom is 0.333 e. The van der Waals surface area contributed by atoms with Gasteiger partial charge in [-0.3, -0.25) is 0 Å². The first-order chi connectivity index (χ1) is 7.57. The second-order valence-electron chi connectivity index (χ2n) is 3.51. The van der Waals surface area contributed by atoms with E-state index in [9.17, 15) is 4.79 Å². The van der Waals surface area contributed by atoms with Gasteiger partial charge in [0.1, 0.15) is 0 Å². The van der Waals surface area contributed by atoms with Gasteiger partial charge in [-0.15, -0.1) is 11.6 Å². The molecule has 0 aliphatic rings. The Morgan fingerprint density at radius 2 is 2.06 bits per heavy atom. The molecular weight excluding hydrogens is 232 g/mol. The van der Waals surface area contributed by atoms with Crippen molar-refractivity contribution >= 4 is 17.6 Å². The molecule has 0 rings (SSSR count). The van der Waals surface area contributed by atoms with Gasteiger partial charge in [-0.2, -0.15) is 0 Å². The largest absolute Gasteiger partial charge is 0.462 e. The van der Waals surface area contributed by atoms with Crippen molar-refractivity contribution in [3.63, 3.8) is 0 Å². The Morgan fingerprint density at radius 3 is 2.62 bits per heavy atom. The normalized spacial score (nSPS) is 12.2. The summed E-state index contributed by atoms with van der Waals surface area (Å²) in [7, 11) is 0. The minimum atomic E-state index is -0.608. The number of carbonyl (C=O) groups excluding carboxylic acids is 1. The van der Waals surface area contributed by atoms with Crippen molar-refractivity contribution in [3.05, 3.63) is 12.2 Å². The van der Waals surface area contributed by atoms with Crippen LogP contribution in [0.3, 0.4) is 0 Å². The smallest absolute Gasteiger partial charge is 0.333 e. The van der Waals surface area contributed by atoms with Gasteiger partial charge in [0.2, 0.25) is 0 Å². The molecule has 1 unspecified atom stereocenters. The topological polar surface area (TPSA) is 55.8 Å². The number of hydrogen-bond acceptors (Lipinski definition) is 4. The summed E-state index contributed by atoms with van der Waals surface area (Å²) in [6.45, 7) is 6.22. The quantitative estimate of drug-likeness (QED) is 0.292. The molecule has 0 aromatic carbocycles. The zero-order valence-electron chi connectivity index (χ0n) is 9.58. The summed E-state index contributed by atoms with van der Waals surface area (Å²) in [6.07, 6.45) is 0.900. The zero-order valence-corrected chi connectivity index (χ0v) is 10.3. The number of esters is 1. The molecule has 5 heteroatoms. The Bertz CT molecular complexity index is 218. The van der Waals surface area contributed by atoms with E-state index >= 15 is 0 Å². The highest BCUT2D eigenvalue weighted by molar-refractivity contribution is 6.18. The highest BCUT2D eigenvalue weighted by atomic mass is 35.5. The predicted molar refractivity (Wildman–Crippen MR) is 62.6 cm³/mol. The summed E-state index contributed by atoms with van der Waals surface area (Å²) in [5.41, 5.74) is 0.404. The van der Waals surface area contributed by atoms with E-state index in [1.54, 1.807) is 6.92 Å². The molecule has 94 valence electrons. The van der Waals surface area contributed by atoms with Crippen molar-refractivity contribution in [3.8, 4) is 0 Å². The van der Waals surface area contributed by atoms with Gasteiger partial charge in [-0.1, -0.05) is 6.58 Å². The first-order valence-corrected chi connectivity index (χ1v) is 5.75. The molecule has 0 heterocycles. The fraction of sp³-hybridized carbons (Fsp3) is 0.727. The zero-order chi connectivity index (χ0) is 12.4. The number of alkyl halides is 1. The molecule has 0 bridgehead atoms. The molecule has 16 heavy (non-hydrogen) atoms. The van der Waals surface area contributed by atoms with Crippen LogP contribution in [0.2, 0.25) is 0 Å². The van der Waals surface area contributed by atoms with Crippen LogP contribution < -0.4 is 0 Å². The number of aliphatic hydroxyl groups excluding tert-OH is 1. The molecule has 0 spiro atoms. The highest BCUT2D eigenvalue weighted by Crippen LogP contribution is 1.97. The van der Waals surface area contributed by atoms with Crippen LogP contribution in [-0.2, 0) is 14.3 Å². The molecule has 0 aliphatic heterocycles. The lowest BCUT2D eigenvalue weighted by Crippen LogP contribution is -2.17. The third kappa shape index (κ3) is 8.71. The van der Waals surface area contributed by atoms with Crippen molar-refractivity contribution in [1.29, 1.82) is 0 Å². The molecule has 0 saturated carbocycles. The Labute approximate surface area is 101 Å². The Hall–Kier alpha value is -0.580. The van der Waals surface area contributed by atoms with E-state index in [1.165, 1.54) is 0 Å². The average molecular weight is 251 g/mol. The minimum Gasteiger partial charge on any atom is -0.462 e. The first kappa shape index (κ1) is 15.4. The number of rotatable bonds is 9. The maximum atomic E-state index is 11.0. The van der Waals surface area contributed by atoms with E-state index in [0.717, 1.165) is 12.8 Å². The summed E-state index contributed by atoms with van der Waals surface area (Å²) in [4.78, 5) is 11.0. The highest BCUT2D eigenvalue weighted by Gasteiger charge is 2.03. The molecule has 0 amide bonds. The molecule has 1 atom stereocenters. The Balaban J connectivity index is 3.22. The van der Waals surface area contributed by atoms with E-state index in [2.05, 4.69) is 6.58 Å². The maximum absolute atomic E-state index is 11.0. The molecule has 0 aromatic rings. The number of ether oxygens (including phenoxy) is 2. The fourth-order valence-electron chi connectivity index (χ4n) is 0.858. The number of aliphatic hydroxyl groups is 1. The van der Waals surface area contributed by atoms with Crippen LogP contribution >= 0.6 is 11.6 Å². The minimum absolute atomic E-state index is 0.177. The number of carbonyl (C=O) groups is 1. The van der Waals surface area contributed by atoms with Gasteiger partial charge < -0.3 is 14.6 Å². The van der Waals surface area contributed by atoms with Gasteiger partial charge in [0.15, 0.2) is 0 Å². The van der Waals surface area contributed by atoms with Crippen LogP contribution in [0, 0.1) is 0 Å². The lowest BCUT2D eigenvalue weighted by molar-refractivity contribution is -0.139. The van der Waals surface area contributed by atoms with Gasteiger partial charge in [0, 0.05) is 12.2 Å². The molecule has 0 radical (unpaired) electrons. The van der Waals surface area contributed by atoms with Crippen molar-refractivity contribution in [2.75, 3.05) is 25.7 Å². The summed E-state index contributed by atoms with van der Waals surface area (Å²) in [6, 6.07) is 0. The van der Waals surface area contributed by atoms with Crippen LogP contribution in [-0.4, -0.2) is 42.9 Å². The van der Waals surface area contributed by atoms with E-state index in [4.69, 9.17) is 26.2 Å². The van der Waals surface area contributed by atoms with Crippen LogP contribution in [0.15, 0.2) is 12.2 Å². The second-order valence-corrected chi connectivity index (χ2v) is 3.82. The predicted octanol–water partition coefficient (Wildman–Crippen LogP) is 1.50. The first-order valence-electron chi connectivity index (χ1n) is 5.22. The van der Waals surface area contributed by atoms with Gasteiger partial charge in [0.05, 0.1) is 25.2 Å². The SMILES string of the molecule is C=C(C)C(=O)OCCCCOCC(O)CCl. The van der Waals surface area contributed by atoms with Crippen LogP contribution in [0.25, 0.3) is 0 Å². The number of hydrogen-bond donors (Lipinski definition) is 1. The third-order valence-electron chi connectivity index (χ3n) is 1.75. The van der Waals surface area contributed by atoms with Crippen LogP contribution in [0.5, 0.6) is 0 Å². The van der Waals surface area contributed by atoms with E-state index in [0.29, 0.717) is 18.8 Å². The van der Waals surface area contributed by atoms with Crippen LogP contribution in [0.4, 0.5) is 0 Å². The summed E-state index contributed by atoms with van der Waals surface area (Å²) >= 11 is 5.38.